The minimum atomic E-state index is -1.37. The molecule has 6 heteroatoms. The molecular formula is C15H11ClN4O. The summed E-state index contributed by atoms with van der Waals surface area (Å²) in [6.07, 6.45) is 0. The van der Waals surface area contributed by atoms with Gasteiger partial charge in [0.15, 0.2) is 5.54 Å². The first-order valence-electron chi connectivity index (χ1n) is 6.31. The van der Waals surface area contributed by atoms with Gasteiger partial charge in [0, 0.05) is 28.2 Å². The average molecular weight is 299 g/mol. The van der Waals surface area contributed by atoms with E-state index in [9.17, 15) is 4.79 Å². The summed E-state index contributed by atoms with van der Waals surface area (Å²) in [7, 11) is 1.67. The van der Waals surface area contributed by atoms with Crippen molar-refractivity contribution < 1.29 is 4.79 Å². The summed E-state index contributed by atoms with van der Waals surface area (Å²) >= 11 is 5.91. The first-order chi connectivity index (χ1) is 10.1. The molecule has 0 saturated carbocycles. The zero-order valence-electron chi connectivity index (χ0n) is 11.2. The second kappa shape index (κ2) is 4.81. The van der Waals surface area contributed by atoms with Gasteiger partial charge in [0.05, 0.1) is 0 Å². The van der Waals surface area contributed by atoms with Gasteiger partial charge in [0.1, 0.15) is 0 Å². The van der Waals surface area contributed by atoms with Gasteiger partial charge in [-0.1, -0.05) is 47.0 Å². The van der Waals surface area contributed by atoms with Crippen LogP contribution < -0.4 is 4.90 Å². The number of para-hydroxylation sites is 1. The summed E-state index contributed by atoms with van der Waals surface area (Å²) < 4.78 is 0. The molecule has 0 radical (unpaired) electrons. The van der Waals surface area contributed by atoms with E-state index < -0.39 is 5.54 Å². The number of halogens is 1. The van der Waals surface area contributed by atoms with E-state index >= 15 is 0 Å². The molecule has 0 spiro atoms. The summed E-state index contributed by atoms with van der Waals surface area (Å²) in [4.78, 5) is 17.2. The van der Waals surface area contributed by atoms with Crippen LogP contribution in [0.5, 0.6) is 0 Å². The normalized spacial score (nSPS) is 20.1. The molecular weight excluding hydrogens is 288 g/mol. The van der Waals surface area contributed by atoms with E-state index in [4.69, 9.17) is 17.1 Å². The number of hydrogen-bond donors (Lipinski definition) is 0. The van der Waals surface area contributed by atoms with Crippen molar-refractivity contribution in [3.8, 4) is 0 Å². The summed E-state index contributed by atoms with van der Waals surface area (Å²) in [5.41, 5.74) is 9.65. The maximum atomic E-state index is 12.8. The molecule has 1 atom stereocenters. The van der Waals surface area contributed by atoms with Gasteiger partial charge in [0.2, 0.25) is 5.91 Å². The van der Waals surface area contributed by atoms with E-state index in [0.29, 0.717) is 16.1 Å². The van der Waals surface area contributed by atoms with Crippen LogP contribution in [0, 0.1) is 0 Å². The highest BCUT2D eigenvalue weighted by Crippen LogP contribution is 2.46. The largest absolute Gasteiger partial charge is 0.314 e. The quantitative estimate of drug-likeness (QED) is 0.471. The van der Waals surface area contributed by atoms with Crippen molar-refractivity contribution >= 4 is 23.2 Å². The maximum absolute atomic E-state index is 12.8. The zero-order valence-corrected chi connectivity index (χ0v) is 11.9. The molecule has 5 nitrogen and oxygen atoms in total. The second-order valence-corrected chi connectivity index (χ2v) is 5.22. The summed E-state index contributed by atoms with van der Waals surface area (Å²) in [5.74, 6) is -0.274. The minimum absolute atomic E-state index is 0.274. The first-order valence-corrected chi connectivity index (χ1v) is 6.69. The fourth-order valence-corrected chi connectivity index (χ4v) is 2.86. The van der Waals surface area contributed by atoms with Gasteiger partial charge < -0.3 is 4.90 Å². The van der Waals surface area contributed by atoms with Crippen molar-refractivity contribution in [2.24, 2.45) is 5.11 Å². The number of anilines is 1. The van der Waals surface area contributed by atoms with Crippen molar-refractivity contribution in [1.29, 1.82) is 0 Å². The van der Waals surface area contributed by atoms with Crippen LogP contribution in [0.3, 0.4) is 0 Å². The van der Waals surface area contributed by atoms with Crippen LogP contribution in [0.15, 0.2) is 53.6 Å². The van der Waals surface area contributed by atoms with Gasteiger partial charge >= 0.3 is 0 Å². The molecule has 104 valence electrons. The lowest BCUT2D eigenvalue weighted by Gasteiger charge is -2.23. The summed E-state index contributed by atoms with van der Waals surface area (Å²) in [6.45, 7) is 0. The number of fused-ring (bicyclic) bond motifs is 1. The monoisotopic (exact) mass is 298 g/mol. The van der Waals surface area contributed by atoms with Crippen LogP contribution in [0.25, 0.3) is 10.4 Å². The predicted molar refractivity (Wildman–Crippen MR) is 81.2 cm³/mol. The molecule has 0 N–H and O–H groups in total. The molecule has 3 rings (SSSR count). The van der Waals surface area contributed by atoms with Crippen LogP contribution in [-0.4, -0.2) is 13.0 Å². The third-order valence-corrected chi connectivity index (χ3v) is 3.98. The molecule has 0 aromatic heterocycles. The minimum Gasteiger partial charge on any atom is -0.314 e. The van der Waals surface area contributed by atoms with Gasteiger partial charge in [-0.25, -0.2) is 0 Å². The fourth-order valence-electron chi connectivity index (χ4n) is 2.73. The fraction of sp³-hybridized carbons (Fsp3) is 0.133. The van der Waals surface area contributed by atoms with Gasteiger partial charge in [-0.2, -0.15) is 0 Å². The van der Waals surface area contributed by atoms with Crippen molar-refractivity contribution in [2.45, 2.75) is 5.54 Å². The Morgan fingerprint density at radius 1 is 1.19 bits per heavy atom. The highest BCUT2D eigenvalue weighted by atomic mass is 35.5. The molecule has 21 heavy (non-hydrogen) atoms. The Kier molecular flexibility index (Phi) is 3.09. The second-order valence-electron chi connectivity index (χ2n) is 4.79. The maximum Gasteiger partial charge on any atom is 0.247 e. The van der Waals surface area contributed by atoms with Crippen LogP contribution in [0.2, 0.25) is 5.02 Å². The predicted octanol–water partition coefficient (Wildman–Crippen LogP) is 3.87. The van der Waals surface area contributed by atoms with E-state index in [1.807, 2.05) is 18.2 Å². The Morgan fingerprint density at radius 3 is 2.52 bits per heavy atom. The number of nitrogens with zero attached hydrogens (tertiary/aromatic N) is 4. The van der Waals surface area contributed by atoms with Crippen molar-refractivity contribution in [1.82, 2.24) is 0 Å². The molecule has 0 aliphatic carbocycles. The van der Waals surface area contributed by atoms with E-state index in [2.05, 4.69) is 10.0 Å². The molecule has 1 amide bonds. The van der Waals surface area contributed by atoms with Crippen molar-refractivity contribution in [3.63, 3.8) is 0 Å². The van der Waals surface area contributed by atoms with Crippen LogP contribution in [0.4, 0.5) is 5.69 Å². The van der Waals surface area contributed by atoms with Crippen molar-refractivity contribution in [2.75, 3.05) is 11.9 Å². The molecule has 1 unspecified atom stereocenters. The van der Waals surface area contributed by atoms with Gasteiger partial charge in [-0.3, -0.25) is 4.79 Å². The highest BCUT2D eigenvalue weighted by molar-refractivity contribution is 6.30. The Labute approximate surface area is 126 Å². The Bertz CT molecular complexity index is 767. The third kappa shape index (κ3) is 1.79. The lowest BCUT2D eigenvalue weighted by Crippen LogP contribution is -2.37. The lowest BCUT2D eigenvalue weighted by molar-refractivity contribution is -0.121. The molecule has 2 aromatic rings. The SMILES string of the molecule is CN1C(=O)C(N=[N+]=[N-])(c2ccc(Cl)cc2)c2ccccc21. The highest BCUT2D eigenvalue weighted by Gasteiger charge is 2.50. The summed E-state index contributed by atoms with van der Waals surface area (Å²) in [5, 5.41) is 4.43. The topological polar surface area (TPSA) is 69.1 Å². The van der Waals surface area contributed by atoms with Crippen LogP contribution in [0.1, 0.15) is 11.1 Å². The van der Waals surface area contributed by atoms with E-state index in [1.165, 1.54) is 4.90 Å². The number of rotatable bonds is 2. The Hall–Kier alpha value is -2.49. The summed E-state index contributed by atoms with van der Waals surface area (Å²) in [6, 6.07) is 14.1. The zero-order chi connectivity index (χ0) is 15.0. The van der Waals surface area contributed by atoms with E-state index in [0.717, 1.165) is 5.69 Å². The number of hydrogen-bond acceptors (Lipinski definition) is 2. The molecule has 1 heterocycles. The van der Waals surface area contributed by atoms with Crippen molar-refractivity contribution in [3.05, 3.63) is 75.1 Å². The first kappa shape index (κ1) is 13.5. The van der Waals surface area contributed by atoms with Gasteiger partial charge in [-0.05, 0) is 29.3 Å². The third-order valence-electron chi connectivity index (χ3n) is 3.73. The van der Waals surface area contributed by atoms with Gasteiger partial charge in [-0.15, -0.1) is 0 Å². The number of carbonyl (C=O) groups is 1. The Balaban J connectivity index is 2.35. The van der Waals surface area contributed by atoms with E-state index in [1.54, 1.807) is 37.4 Å². The smallest absolute Gasteiger partial charge is 0.247 e. The molecule has 1 aliphatic heterocycles. The number of amides is 1. The molecule has 1 aliphatic rings. The van der Waals surface area contributed by atoms with Crippen LogP contribution >= 0.6 is 11.6 Å². The van der Waals surface area contributed by atoms with E-state index in [-0.39, 0.29) is 5.91 Å². The van der Waals surface area contributed by atoms with Crippen LogP contribution in [-0.2, 0) is 10.3 Å². The lowest BCUT2D eigenvalue weighted by atomic mass is 9.85. The Morgan fingerprint density at radius 2 is 1.86 bits per heavy atom. The number of benzene rings is 2. The molecule has 0 saturated heterocycles. The molecule has 0 bridgehead atoms. The average Bonchev–Trinajstić information content (AvgIpc) is 2.72. The number of likely N-dealkylation sites (N-methyl/N-ethyl adjacent to an activating group) is 1. The molecule has 0 fully saturated rings. The van der Waals surface area contributed by atoms with Gasteiger partial charge in [0.25, 0.3) is 0 Å². The number of carbonyl (C=O) groups excluding carboxylic acids is 1. The standard InChI is InChI=1S/C15H11ClN4O/c1-20-13-5-3-2-4-12(13)15(14(20)21,18-19-17)10-6-8-11(16)9-7-10/h2-9H,1H3. The molecule has 2 aromatic carbocycles. The number of azide groups is 1.